The molecule has 1 fully saturated rings. The van der Waals surface area contributed by atoms with Gasteiger partial charge in [0.1, 0.15) is 0 Å². The van der Waals surface area contributed by atoms with Crippen LogP contribution >= 0.6 is 0 Å². The molecule has 0 bridgehead atoms. The Morgan fingerprint density at radius 3 is 2.45 bits per heavy atom. The van der Waals surface area contributed by atoms with Crippen molar-refractivity contribution in [3.8, 4) is 5.75 Å². The van der Waals surface area contributed by atoms with Gasteiger partial charge < -0.3 is 15.0 Å². The number of carbonyl (C=O) groups is 1. The maximum atomic E-state index is 12.0. The van der Waals surface area contributed by atoms with Gasteiger partial charge in [0.2, 0.25) is 0 Å². The Bertz CT molecular complexity index is 784. The van der Waals surface area contributed by atoms with E-state index < -0.39 is 0 Å². The Kier molecular flexibility index (Phi) is 7.61. The fourth-order valence-corrected chi connectivity index (χ4v) is 3.33. The fraction of sp³-hybridized carbons (Fsp3) is 0.478. The van der Waals surface area contributed by atoms with E-state index in [4.69, 9.17) is 4.74 Å². The minimum absolute atomic E-state index is 0.163. The monoisotopic (exact) mass is 396 g/mol. The maximum Gasteiger partial charge on any atom is 0.313 e. The van der Waals surface area contributed by atoms with Crippen molar-refractivity contribution in [3.05, 3.63) is 53.7 Å². The summed E-state index contributed by atoms with van der Waals surface area (Å²) in [6.07, 6.45) is 1.75. The van der Waals surface area contributed by atoms with Crippen molar-refractivity contribution in [3.63, 3.8) is 0 Å². The molecule has 0 amide bonds. The molecular weight excluding hydrogens is 364 g/mol. The Balaban J connectivity index is 1.55. The van der Waals surface area contributed by atoms with Gasteiger partial charge >= 0.3 is 5.97 Å². The molecule has 0 atom stereocenters. The molecule has 1 saturated heterocycles. The lowest BCUT2D eigenvalue weighted by Crippen LogP contribution is -2.46. The van der Waals surface area contributed by atoms with Gasteiger partial charge in [0, 0.05) is 45.5 Å². The summed E-state index contributed by atoms with van der Waals surface area (Å²) in [5.41, 5.74) is 2.65. The van der Waals surface area contributed by atoms with Crippen LogP contribution in [0.2, 0.25) is 0 Å². The van der Waals surface area contributed by atoms with Crippen molar-refractivity contribution < 1.29 is 9.53 Å². The Morgan fingerprint density at radius 1 is 1.10 bits per heavy atom. The molecule has 3 rings (SSSR count). The number of aromatic nitrogens is 1. The molecule has 0 spiro atoms. The van der Waals surface area contributed by atoms with E-state index in [9.17, 15) is 4.79 Å². The van der Waals surface area contributed by atoms with Crippen molar-refractivity contribution in [1.29, 1.82) is 0 Å². The molecule has 1 aliphatic rings. The van der Waals surface area contributed by atoms with E-state index in [2.05, 4.69) is 51.3 Å². The van der Waals surface area contributed by atoms with Crippen LogP contribution in [0.5, 0.6) is 5.75 Å². The van der Waals surface area contributed by atoms with Gasteiger partial charge in [-0.05, 0) is 29.8 Å². The predicted octanol–water partition coefficient (Wildman–Crippen LogP) is 3.07. The minimum Gasteiger partial charge on any atom is -0.422 e. The molecule has 1 aliphatic heterocycles. The van der Waals surface area contributed by atoms with Gasteiger partial charge in [0.15, 0.2) is 11.6 Å². The third-order valence-corrected chi connectivity index (χ3v) is 5.11. The van der Waals surface area contributed by atoms with E-state index in [0.29, 0.717) is 5.75 Å². The average Bonchev–Trinajstić information content (AvgIpc) is 2.74. The van der Waals surface area contributed by atoms with Crippen molar-refractivity contribution in [1.82, 2.24) is 15.2 Å². The molecule has 1 aromatic heterocycles. The zero-order valence-corrected chi connectivity index (χ0v) is 17.7. The molecule has 2 heterocycles. The number of rotatable bonds is 8. The number of pyridine rings is 1. The lowest BCUT2D eigenvalue weighted by atomic mass is 10.1. The molecule has 0 unspecified atom stereocenters. The highest BCUT2D eigenvalue weighted by Crippen LogP contribution is 2.27. The van der Waals surface area contributed by atoms with Gasteiger partial charge in [-0.25, -0.2) is 4.98 Å². The third kappa shape index (κ3) is 6.02. The Labute approximate surface area is 173 Å². The first kappa shape index (κ1) is 21.3. The summed E-state index contributed by atoms with van der Waals surface area (Å²) in [6, 6.07) is 12.5. The second-order valence-electron chi connectivity index (χ2n) is 7.76. The highest BCUT2D eigenvalue weighted by atomic mass is 16.5. The van der Waals surface area contributed by atoms with Crippen molar-refractivity contribution in [2.24, 2.45) is 5.92 Å². The SMILES string of the molecule is CCNCc1ccc(CN2CCN(c3ncccc3OC(=O)C(C)C)CC2)cc1. The first-order valence-electron chi connectivity index (χ1n) is 10.5. The summed E-state index contributed by atoms with van der Waals surface area (Å²) < 4.78 is 5.56. The Morgan fingerprint density at radius 2 is 1.79 bits per heavy atom. The van der Waals surface area contributed by atoms with Crippen LogP contribution in [0.1, 0.15) is 31.9 Å². The van der Waals surface area contributed by atoms with E-state index in [1.165, 1.54) is 11.1 Å². The molecule has 0 radical (unpaired) electrons. The van der Waals surface area contributed by atoms with Crippen LogP contribution in [0.4, 0.5) is 5.82 Å². The van der Waals surface area contributed by atoms with Crippen LogP contribution < -0.4 is 15.0 Å². The minimum atomic E-state index is -0.226. The molecule has 6 nitrogen and oxygen atoms in total. The number of benzene rings is 1. The standard InChI is InChI=1S/C23H32N4O2/c1-4-24-16-19-7-9-20(10-8-19)17-26-12-14-27(15-13-26)22-21(6-5-11-25-22)29-23(28)18(2)3/h5-11,18,24H,4,12-17H2,1-3H3. The number of esters is 1. The topological polar surface area (TPSA) is 57.7 Å². The first-order valence-corrected chi connectivity index (χ1v) is 10.5. The number of ether oxygens (including phenoxy) is 1. The summed E-state index contributed by atoms with van der Waals surface area (Å²) in [7, 11) is 0. The first-order chi connectivity index (χ1) is 14.1. The average molecular weight is 397 g/mol. The number of anilines is 1. The molecule has 0 saturated carbocycles. The molecule has 29 heavy (non-hydrogen) atoms. The number of hydrogen-bond acceptors (Lipinski definition) is 6. The van der Waals surface area contributed by atoms with Crippen LogP contribution in [-0.2, 0) is 17.9 Å². The molecule has 1 N–H and O–H groups in total. The van der Waals surface area contributed by atoms with Crippen LogP contribution in [0.25, 0.3) is 0 Å². The summed E-state index contributed by atoms with van der Waals surface area (Å²) in [5, 5.41) is 3.35. The summed E-state index contributed by atoms with van der Waals surface area (Å²) in [5.74, 6) is 0.921. The van der Waals surface area contributed by atoms with Gasteiger partial charge in [-0.2, -0.15) is 0 Å². The maximum absolute atomic E-state index is 12.0. The number of nitrogens with one attached hydrogen (secondary N) is 1. The predicted molar refractivity (Wildman–Crippen MR) is 116 cm³/mol. The Hall–Kier alpha value is -2.44. The van der Waals surface area contributed by atoms with E-state index in [1.807, 2.05) is 26.0 Å². The van der Waals surface area contributed by atoms with Crippen molar-refractivity contribution in [2.75, 3.05) is 37.6 Å². The van der Waals surface area contributed by atoms with Gasteiger partial charge in [0.25, 0.3) is 0 Å². The second kappa shape index (κ2) is 10.4. The van der Waals surface area contributed by atoms with Crippen LogP contribution in [-0.4, -0.2) is 48.6 Å². The van der Waals surface area contributed by atoms with E-state index in [1.54, 1.807) is 6.20 Å². The van der Waals surface area contributed by atoms with Crippen molar-refractivity contribution >= 4 is 11.8 Å². The van der Waals surface area contributed by atoms with Gasteiger partial charge in [0.05, 0.1) is 5.92 Å². The summed E-state index contributed by atoms with van der Waals surface area (Å²) >= 11 is 0. The third-order valence-electron chi connectivity index (χ3n) is 5.11. The van der Waals surface area contributed by atoms with Gasteiger partial charge in [-0.15, -0.1) is 0 Å². The number of carbonyl (C=O) groups excluding carboxylic acids is 1. The second-order valence-corrected chi connectivity index (χ2v) is 7.76. The number of hydrogen-bond donors (Lipinski definition) is 1. The zero-order valence-electron chi connectivity index (χ0n) is 17.7. The quantitative estimate of drug-likeness (QED) is 0.692. The lowest BCUT2D eigenvalue weighted by molar-refractivity contribution is -0.137. The zero-order chi connectivity index (χ0) is 20.6. The summed E-state index contributed by atoms with van der Waals surface area (Å²) in [4.78, 5) is 21.2. The molecule has 6 heteroatoms. The fourth-order valence-electron chi connectivity index (χ4n) is 3.33. The van der Waals surface area contributed by atoms with Crippen LogP contribution in [0.3, 0.4) is 0 Å². The summed E-state index contributed by atoms with van der Waals surface area (Å²) in [6.45, 7) is 12.3. The number of piperazine rings is 1. The van der Waals surface area contributed by atoms with E-state index in [-0.39, 0.29) is 11.9 Å². The smallest absolute Gasteiger partial charge is 0.313 e. The lowest BCUT2D eigenvalue weighted by Gasteiger charge is -2.35. The van der Waals surface area contributed by atoms with Crippen molar-refractivity contribution in [2.45, 2.75) is 33.9 Å². The molecule has 0 aliphatic carbocycles. The normalized spacial score (nSPS) is 15.0. The van der Waals surface area contributed by atoms with E-state index in [0.717, 1.165) is 51.6 Å². The van der Waals surface area contributed by atoms with Gasteiger partial charge in [-0.1, -0.05) is 45.0 Å². The van der Waals surface area contributed by atoms with Crippen LogP contribution in [0, 0.1) is 5.92 Å². The highest BCUT2D eigenvalue weighted by Gasteiger charge is 2.22. The molecule has 156 valence electrons. The van der Waals surface area contributed by atoms with Gasteiger partial charge in [-0.3, -0.25) is 9.69 Å². The number of nitrogens with zero attached hydrogens (tertiary/aromatic N) is 3. The molecule has 1 aromatic carbocycles. The molecule has 2 aromatic rings. The highest BCUT2D eigenvalue weighted by molar-refractivity contribution is 5.76. The van der Waals surface area contributed by atoms with E-state index >= 15 is 0 Å². The molecular formula is C23H32N4O2. The van der Waals surface area contributed by atoms with Crippen LogP contribution in [0.15, 0.2) is 42.6 Å². The largest absolute Gasteiger partial charge is 0.422 e.